The van der Waals surface area contributed by atoms with Crippen LogP contribution < -0.4 is 5.32 Å². The molecule has 0 radical (unpaired) electrons. The highest BCUT2D eigenvalue weighted by molar-refractivity contribution is 5.78. The van der Waals surface area contributed by atoms with Gasteiger partial charge in [-0.05, 0) is 31.8 Å². The van der Waals surface area contributed by atoms with Gasteiger partial charge in [0, 0.05) is 19.5 Å². The number of carbonyl (C=O) groups is 1. The zero-order valence-electron chi connectivity index (χ0n) is 9.55. The zero-order chi connectivity index (χ0) is 10.6. The number of hydrogen-bond acceptors (Lipinski definition) is 2. The van der Waals surface area contributed by atoms with Crippen molar-refractivity contribution < 1.29 is 4.79 Å². The smallest absolute Gasteiger partial charge is 0.225 e. The Morgan fingerprint density at radius 2 is 2.00 bits per heavy atom. The van der Waals surface area contributed by atoms with Gasteiger partial charge in [0.2, 0.25) is 5.91 Å². The topological polar surface area (TPSA) is 32.3 Å². The lowest BCUT2D eigenvalue weighted by Gasteiger charge is -2.27. The van der Waals surface area contributed by atoms with Crippen LogP contribution in [0, 0.1) is 11.8 Å². The molecule has 1 aliphatic rings. The van der Waals surface area contributed by atoms with Crippen LogP contribution in [0.2, 0.25) is 0 Å². The fourth-order valence-electron chi connectivity index (χ4n) is 2.02. The van der Waals surface area contributed by atoms with E-state index in [0.717, 1.165) is 32.5 Å². The van der Waals surface area contributed by atoms with Gasteiger partial charge in [0.1, 0.15) is 0 Å². The molecule has 82 valence electrons. The minimum atomic E-state index is 0.264. The number of carbonyl (C=O) groups excluding carboxylic acids is 1. The molecule has 1 aliphatic heterocycles. The van der Waals surface area contributed by atoms with Crippen LogP contribution >= 0.6 is 0 Å². The maximum Gasteiger partial charge on any atom is 0.225 e. The molecule has 0 atom stereocenters. The van der Waals surface area contributed by atoms with E-state index in [1.165, 1.54) is 0 Å². The lowest BCUT2D eigenvalue weighted by molar-refractivity contribution is -0.135. The molecule has 0 aromatic carbocycles. The molecule has 0 aromatic heterocycles. The van der Waals surface area contributed by atoms with Crippen molar-refractivity contribution in [3.05, 3.63) is 0 Å². The molecule has 1 rings (SSSR count). The molecular formula is C11H22N2O. The van der Waals surface area contributed by atoms with Crippen LogP contribution in [0.15, 0.2) is 0 Å². The Morgan fingerprint density at radius 3 is 2.50 bits per heavy atom. The second-order valence-corrected chi connectivity index (χ2v) is 4.64. The van der Waals surface area contributed by atoms with Crippen LogP contribution in [0.1, 0.15) is 26.7 Å². The fourth-order valence-corrected chi connectivity index (χ4v) is 2.02. The van der Waals surface area contributed by atoms with Crippen LogP contribution in [0.3, 0.4) is 0 Å². The highest BCUT2D eigenvalue weighted by atomic mass is 16.2. The van der Waals surface area contributed by atoms with Crippen molar-refractivity contribution in [2.75, 3.05) is 26.7 Å². The summed E-state index contributed by atoms with van der Waals surface area (Å²) >= 11 is 0. The summed E-state index contributed by atoms with van der Waals surface area (Å²) in [4.78, 5) is 13.8. The van der Waals surface area contributed by atoms with Gasteiger partial charge in [-0.15, -0.1) is 0 Å². The van der Waals surface area contributed by atoms with E-state index in [4.69, 9.17) is 0 Å². The first-order valence-corrected chi connectivity index (χ1v) is 5.57. The molecule has 14 heavy (non-hydrogen) atoms. The summed E-state index contributed by atoms with van der Waals surface area (Å²) in [5.74, 6) is 1.16. The molecule has 0 aromatic rings. The SMILES string of the molecule is CC(C)CN(C)C(=O)C1CCNCC1. The van der Waals surface area contributed by atoms with Gasteiger partial charge < -0.3 is 10.2 Å². The van der Waals surface area contributed by atoms with Crippen LogP contribution in [-0.2, 0) is 4.79 Å². The summed E-state index contributed by atoms with van der Waals surface area (Å²) in [6.45, 7) is 7.15. The summed E-state index contributed by atoms with van der Waals surface area (Å²) in [5.41, 5.74) is 0. The molecule has 1 amide bonds. The number of nitrogens with one attached hydrogen (secondary N) is 1. The Balaban J connectivity index is 2.38. The number of amides is 1. The molecule has 0 unspecified atom stereocenters. The third-order valence-corrected chi connectivity index (χ3v) is 2.70. The second kappa shape index (κ2) is 5.35. The first-order chi connectivity index (χ1) is 6.61. The number of piperidine rings is 1. The maximum absolute atomic E-state index is 11.9. The van der Waals surface area contributed by atoms with Crippen LogP contribution in [0.25, 0.3) is 0 Å². The average Bonchev–Trinajstić information content (AvgIpc) is 2.17. The number of hydrogen-bond donors (Lipinski definition) is 1. The highest BCUT2D eigenvalue weighted by Crippen LogP contribution is 2.14. The van der Waals surface area contributed by atoms with E-state index in [1.807, 2.05) is 11.9 Å². The average molecular weight is 198 g/mol. The summed E-state index contributed by atoms with van der Waals surface area (Å²) < 4.78 is 0. The Morgan fingerprint density at radius 1 is 1.43 bits per heavy atom. The van der Waals surface area contributed by atoms with E-state index in [1.54, 1.807) is 0 Å². The van der Waals surface area contributed by atoms with E-state index in [-0.39, 0.29) is 5.92 Å². The molecule has 1 saturated heterocycles. The van der Waals surface area contributed by atoms with Crippen LogP contribution in [0.5, 0.6) is 0 Å². The molecule has 0 spiro atoms. The monoisotopic (exact) mass is 198 g/mol. The van der Waals surface area contributed by atoms with Crippen molar-refractivity contribution in [1.29, 1.82) is 0 Å². The molecule has 0 aliphatic carbocycles. The van der Waals surface area contributed by atoms with Gasteiger partial charge in [0.25, 0.3) is 0 Å². The minimum absolute atomic E-state index is 0.264. The first kappa shape index (κ1) is 11.5. The van der Waals surface area contributed by atoms with Crippen LogP contribution in [-0.4, -0.2) is 37.5 Å². The van der Waals surface area contributed by atoms with Gasteiger partial charge >= 0.3 is 0 Å². The number of rotatable bonds is 3. The first-order valence-electron chi connectivity index (χ1n) is 5.57. The molecular weight excluding hydrogens is 176 g/mol. The van der Waals surface area contributed by atoms with E-state index in [9.17, 15) is 4.79 Å². The van der Waals surface area contributed by atoms with Crippen molar-refractivity contribution in [3.63, 3.8) is 0 Å². The molecule has 0 bridgehead atoms. The van der Waals surface area contributed by atoms with Gasteiger partial charge in [-0.2, -0.15) is 0 Å². The Kier molecular flexibility index (Phi) is 4.39. The molecule has 1 fully saturated rings. The normalized spacial score (nSPS) is 18.6. The third kappa shape index (κ3) is 3.29. The Hall–Kier alpha value is -0.570. The van der Waals surface area contributed by atoms with E-state index < -0.39 is 0 Å². The quantitative estimate of drug-likeness (QED) is 0.736. The predicted octanol–water partition coefficient (Wildman–Crippen LogP) is 1.10. The van der Waals surface area contributed by atoms with Crippen LogP contribution in [0.4, 0.5) is 0 Å². The molecule has 3 nitrogen and oxygen atoms in total. The lowest BCUT2D eigenvalue weighted by Crippen LogP contribution is -2.40. The fraction of sp³-hybridized carbons (Fsp3) is 0.909. The largest absolute Gasteiger partial charge is 0.345 e. The molecule has 0 saturated carbocycles. The standard InChI is InChI=1S/C11H22N2O/c1-9(2)8-13(3)11(14)10-4-6-12-7-5-10/h9-10,12H,4-8H2,1-3H3. The summed E-state index contributed by atoms with van der Waals surface area (Å²) in [6, 6.07) is 0. The predicted molar refractivity (Wildman–Crippen MR) is 58.1 cm³/mol. The Bertz CT molecular complexity index is 186. The van der Waals surface area contributed by atoms with Gasteiger partial charge in [-0.3, -0.25) is 4.79 Å². The van der Waals surface area contributed by atoms with Crippen molar-refractivity contribution in [2.24, 2.45) is 11.8 Å². The highest BCUT2D eigenvalue weighted by Gasteiger charge is 2.23. The summed E-state index contributed by atoms with van der Waals surface area (Å²) in [5, 5.41) is 3.28. The van der Waals surface area contributed by atoms with Crippen molar-refractivity contribution in [1.82, 2.24) is 10.2 Å². The van der Waals surface area contributed by atoms with Gasteiger partial charge in [0.05, 0.1) is 0 Å². The van der Waals surface area contributed by atoms with E-state index >= 15 is 0 Å². The van der Waals surface area contributed by atoms with Gasteiger partial charge in [0.15, 0.2) is 0 Å². The van der Waals surface area contributed by atoms with Gasteiger partial charge in [-0.25, -0.2) is 0 Å². The minimum Gasteiger partial charge on any atom is -0.345 e. The number of nitrogens with zero attached hydrogens (tertiary/aromatic N) is 1. The lowest BCUT2D eigenvalue weighted by atomic mass is 9.96. The van der Waals surface area contributed by atoms with E-state index in [2.05, 4.69) is 19.2 Å². The summed E-state index contributed by atoms with van der Waals surface area (Å²) in [7, 11) is 1.92. The summed E-state index contributed by atoms with van der Waals surface area (Å²) in [6.07, 6.45) is 2.00. The second-order valence-electron chi connectivity index (χ2n) is 4.64. The van der Waals surface area contributed by atoms with Crippen molar-refractivity contribution in [3.8, 4) is 0 Å². The molecule has 1 N–H and O–H groups in total. The maximum atomic E-state index is 11.9. The van der Waals surface area contributed by atoms with Gasteiger partial charge in [-0.1, -0.05) is 13.8 Å². The molecule has 1 heterocycles. The van der Waals surface area contributed by atoms with E-state index in [0.29, 0.717) is 11.8 Å². The van der Waals surface area contributed by atoms with Crippen molar-refractivity contribution >= 4 is 5.91 Å². The van der Waals surface area contributed by atoms with Crippen molar-refractivity contribution in [2.45, 2.75) is 26.7 Å². The Labute approximate surface area is 86.9 Å². The molecule has 3 heteroatoms. The zero-order valence-corrected chi connectivity index (χ0v) is 9.55. The third-order valence-electron chi connectivity index (χ3n) is 2.70.